The first-order valence-corrected chi connectivity index (χ1v) is 8.80. The van der Waals surface area contributed by atoms with Crippen molar-refractivity contribution in [1.82, 2.24) is 14.4 Å². The summed E-state index contributed by atoms with van der Waals surface area (Å²) >= 11 is 0. The molecule has 0 atom stereocenters. The Morgan fingerprint density at radius 1 is 1.12 bits per heavy atom. The van der Waals surface area contributed by atoms with Gasteiger partial charge in [0, 0.05) is 45.5 Å². The quantitative estimate of drug-likeness (QED) is 0.845. The van der Waals surface area contributed by atoms with Crippen molar-refractivity contribution in [3.05, 3.63) is 68.9 Å². The van der Waals surface area contributed by atoms with Gasteiger partial charge >= 0.3 is 0 Å². The second-order valence-electron chi connectivity index (χ2n) is 6.89. The highest BCUT2D eigenvalue weighted by atomic mass is 19.1. The van der Waals surface area contributed by atoms with Crippen molar-refractivity contribution in [2.75, 3.05) is 26.2 Å². The smallest absolute Gasteiger partial charge is 0.263 e. The lowest BCUT2D eigenvalue weighted by Gasteiger charge is -2.34. The van der Waals surface area contributed by atoms with Gasteiger partial charge in [-0.2, -0.15) is 0 Å². The van der Waals surface area contributed by atoms with Gasteiger partial charge < -0.3 is 9.47 Å². The molecule has 0 saturated carbocycles. The van der Waals surface area contributed by atoms with Crippen molar-refractivity contribution < 1.29 is 9.18 Å². The Balaban J connectivity index is 1.67. The number of benzene rings is 1. The topological polar surface area (TPSA) is 45.6 Å². The second kappa shape index (κ2) is 7.41. The third-order valence-corrected chi connectivity index (χ3v) is 5.15. The monoisotopic (exact) mass is 357 g/mol. The SMILES string of the molecule is Cc1cc(C(=O)N2CCN(Cc3cccc(F)c3)CC2)c(=O)n(C)c1C. The van der Waals surface area contributed by atoms with Gasteiger partial charge in [-0.1, -0.05) is 12.1 Å². The van der Waals surface area contributed by atoms with Crippen molar-refractivity contribution in [3.8, 4) is 0 Å². The average Bonchev–Trinajstić information content (AvgIpc) is 2.63. The van der Waals surface area contributed by atoms with E-state index in [9.17, 15) is 14.0 Å². The van der Waals surface area contributed by atoms with E-state index in [2.05, 4.69) is 4.90 Å². The molecular weight excluding hydrogens is 333 g/mol. The van der Waals surface area contributed by atoms with Crippen molar-refractivity contribution in [2.45, 2.75) is 20.4 Å². The number of hydrogen-bond acceptors (Lipinski definition) is 3. The molecule has 0 radical (unpaired) electrons. The zero-order chi connectivity index (χ0) is 18.8. The molecule has 0 spiro atoms. The molecule has 0 unspecified atom stereocenters. The highest BCUT2D eigenvalue weighted by Crippen LogP contribution is 2.13. The average molecular weight is 357 g/mol. The molecule has 26 heavy (non-hydrogen) atoms. The maximum absolute atomic E-state index is 13.3. The predicted molar refractivity (Wildman–Crippen MR) is 98.7 cm³/mol. The molecule has 0 bridgehead atoms. The number of amides is 1. The lowest BCUT2D eigenvalue weighted by atomic mass is 10.1. The van der Waals surface area contributed by atoms with Crippen LogP contribution in [0.5, 0.6) is 0 Å². The molecule has 1 aromatic carbocycles. The Labute approximate surface area is 152 Å². The Kier molecular flexibility index (Phi) is 5.23. The summed E-state index contributed by atoms with van der Waals surface area (Å²) in [5.74, 6) is -0.444. The molecule has 0 N–H and O–H groups in total. The van der Waals surface area contributed by atoms with E-state index >= 15 is 0 Å². The fourth-order valence-electron chi connectivity index (χ4n) is 3.31. The number of carbonyl (C=O) groups is 1. The molecule has 1 fully saturated rings. The van der Waals surface area contributed by atoms with Crippen LogP contribution in [-0.4, -0.2) is 46.5 Å². The molecule has 2 heterocycles. The molecule has 1 saturated heterocycles. The summed E-state index contributed by atoms with van der Waals surface area (Å²) in [5, 5.41) is 0. The zero-order valence-corrected chi connectivity index (χ0v) is 15.5. The number of rotatable bonds is 3. The molecule has 1 amide bonds. The van der Waals surface area contributed by atoms with Gasteiger partial charge in [-0.15, -0.1) is 0 Å². The van der Waals surface area contributed by atoms with Gasteiger partial charge in [-0.3, -0.25) is 14.5 Å². The fourth-order valence-corrected chi connectivity index (χ4v) is 3.31. The van der Waals surface area contributed by atoms with E-state index in [0.717, 1.165) is 16.8 Å². The van der Waals surface area contributed by atoms with Gasteiger partial charge in [-0.05, 0) is 43.2 Å². The number of hydrogen-bond donors (Lipinski definition) is 0. The van der Waals surface area contributed by atoms with E-state index in [1.807, 2.05) is 19.9 Å². The lowest BCUT2D eigenvalue weighted by Crippen LogP contribution is -2.49. The van der Waals surface area contributed by atoms with Crippen LogP contribution in [0.3, 0.4) is 0 Å². The van der Waals surface area contributed by atoms with Crippen molar-refractivity contribution in [1.29, 1.82) is 0 Å². The second-order valence-corrected chi connectivity index (χ2v) is 6.89. The van der Waals surface area contributed by atoms with E-state index in [1.165, 1.54) is 16.7 Å². The first-order chi connectivity index (χ1) is 12.4. The standard InChI is InChI=1S/C20H24FN3O2/c1-14-11-18(19(25)22(3)15(14)2)20(26)24-9-7-23(8-10-24)13-16-5-4-6-17(21)12-16/h4-6,11-12H,7-10,13H2,1-3H3. The molecular formula is C20H24FN3O2. The van der Waals surface area contributed by atoms with E-state index in [-0.39, 0.29) is 22.8 Å². The summed E-state index contributed by atoms with van der Waals surface area (Å²) in [6.45, 7) is 6.96. The lowest BCUT2D eigenvalue weighted by molar-refractivity contribution is 0.0626. The normalized spacial score (nSPS) is 15.3. The molecule has 6 heteroatoms. The maximum Gasteiger partial charge on any atom is 0.263 e. The largest absolute Gasteiger partial charge is 0.336 e. The summed E-state index contributed by atoms with van der Waals surface area (Å²) < 4.78 is 14.8. The van der Waals surface area contributed by atoms with Crippen LogP contribution >= 0.6 is 0 Å². The third kappa shape index (κ3) is 3.70. The van der Waals surface area contributed by atoms with Crippen molar-refractivity contribution in [2.24, 2.45) is 7.05 Å². The minimum Gasteiger partial charge on any atom is -0.336 e. The number of aromatic nitrogens is 1. The van der Waals surface area contributed by atoms with Crippen LogP contribution in [0.25, 0.3) is 0 Å². The Bertz CT molecular complexity index is 883. The number of piperazine rings is 1. The van der Waals surface area contributed by atoms with Gasteiger partial charge in [-0.25, -0.2) is 4.39 Å². The molecule has 1 aromatic heterocycles. The maximum atomic E-state index is 13.3. The number of aryl methyl sites for hydroxylation is 1. The van der Waals surface area contributed by atoms with E-state index in [1.54, 1.807) is 24.1 Å². The van der Waals surface area contributed by atoms with Gasteiger partial charge in [0.1, 0.15) is 11.4 Å². The number of halogens is 1. The van der Waals surface area contributed by atoms with Crippen LogP contribution in [0.2, 0.25) is 0 Å². The molecule has 138 valence electrons. The van der Waals surface area contributed by atoms with E-state index < -0.39 is 0 Å². The third-order valence-electron chi connectivity index (χ3n) is 5.15. The summed E-state index contributed by atoms with van der Waals surface area (Å²) in [6, 6.07) is 8.28. The Hall–Kier alpha value is -2.47. The number of nitrogens with zero attached hydrogens (tertiary/aromatic N) is 3. The number of carbonyl (C=O) groups excluding carboxylic acids is 1. The van der Waals surface area contributed by atoms with Crippen LogP contribution in [0, 0.1) is 19.7 Å². The highest BCUT2D eigenvalue weighted by molar-refractivity contribution is 5.94. The van der Waals surface area contributed by atoms with Crippen LogP contribution in [0.1, 0.15) is 27.2 Å². The van der Waals surface area contributed by atoms with E-state index in [0.29, 0.717) is 32.7 Å². The molecule has 5 nitrogen and oxygen atoms in total. The van der Waals surface area contributed by atoms with E-state index in [4.69, 9.17) is 0 Å². The summed E-state index contributed by atoms with van der Waals surface area (Å²) in [6.07, 6.45) is 0. The van der Waals surface area contributed by atoms with Gasteiger partial charge in [0.15, 0.2) is 0 Å². The molecule has 0 aliphatic carbocycles. The highest BCUT2D eigenvalue weighted by Gasteiger charge is 2.25. The first kappa shape index (κ1) is 18.3. The fraction of sp³-hybridized carbons (Fsp3) is 0.400. The van der Waals surface area contributed by atoms with Gasteiger partial charge in [0.2, 0.25) is 0 Å². The molecule has 1 aliphatic heterocycles. The Morgan fingerprint density at radius 3 is 2.46 bits per heavy atom. The van der Waals surface area contributed by atoms with Crippen molar-refractivity contribution in [3.63, 3.8) is 0 Å². The van der Waals surface area contributed by atoms with Gasteiger partial charge in [0.25, 0.3) is 11.5 Å². The number of pyridine rings is 1. The first-order valence-electron chi connectivity index (χ1n) is 8.80. The minimum absolute atomic E-state index is 0.209. The van der Waals surface area contributed by atoms with Crippen LogP contribution in [0.15, 0.2) is 35.1 Å². The summed E-state index contributed by atoms with van der Waals surface area (Å²) in [4.78, 5) is 29.1. The molecule has 3 rings (SSSR count). The zero-order valence-electron chi connectivity index (χ0n) is 15.5. The van der Waals surface area contributed by atoms with Crippen LogP contribution in [0.4, 0.5) is 4.39 Å². The van der Waals surface area contributed by atoms with Gasteiger partial charge in [0.05, 0.1) is 0 Å². The Morgan fingerprint density at radius 2 is 1.81 bits per heavy atom. The predicted octanol–water partition coefficient (Wildman–Crippen LogP) is 2.10. The molecule has 2 aromatic rings. The summed E-state index contributed by atoms with van der Waals surface area (Å²) in [7, 11) is 1.69. The molecule has 1 aliphatic rings. The minimum atomic E-state index is -0.250. The van der Waals surface area contributed by atoms with Crippen LogP contribution < -0.4 is 5.56 Å². The van der Waals surface area contributed by atoms with Crippen molar-refractivity contribution >= 4 is 5.91 Å². The summed E-state index contributed by atoms with van der Waals surface area (Å²) in [5.41, 5.74) is 2.70. The van der Waals surface area contributed by atoms with Crippen LogP contribution in [-0.2, 0) is 13.6 Å².